The van der Waals surface area contributed by atoms with Gasteiger partial charge in [0.05, 0.1) is 0 Å². The molecule has 0 aliphatic rings. The summed E-state index contributed by atoms with van der Waals surface area (Å²) in [5, 5.41) is 0. The standard InChI is InChI=1S/C28H18N2O2/c1-3-7-25-23(5-1)29-27(31-25)21-15-11-19(12-16-21)9-10-20-13-17-22(18-14-20)28-30-24-6-2-4-8-26(24)32-28/h1-18H/b10-9-. The van der Waals surface area contributed by atoms with Gasteiger partial charge < -0.3 is 8.83 Å². The topological polar surface area (TPSA) is 52.1 Å². The molecular formula is C28H18N2O2. The fourth-order valence-corrected chi connectivity index (χ4v) is 3.66. The summed E-state index contributed by atoms with van der Waals surface area (Å²) in [5.74, 6) is 1.27. The van der Waals surface area contributed by atoms with Crippen molar-refractivity contribution < 1.29 is 8.83 Å². The second-order valence-corrected chi connectivity index (χ2v) is 7.55. The summed E-state index contributed by atoms with van der Waals surface area (Å²) in [6.07, 6.45) is 4.18. The molecule has 4 aromatic carbocycles. The van der Waals surface area contributed by atoms with Gasteiger partial charge in [0.1, 0.15) is 11.0 Å². The van der Waals surface area contributed by atoms with E-state index in [0.717, 1.165) is 44.5 Å². The van der Waals surface area contributed by atoms with Gasteiger partial charge in [0.15, 0.2) is 11.2 Å². The molecule has 6 rings (SSSR count). The molecule has 0 radical (unpaired) electrons. The molecule has 2 aromatic heterocycles. The van der Waals surface area contributed by atoms with Crippen molar-refractivity contribution in [1.82, 2.24) is 9.97 Å². The van der Waals surface area contributed by atoms with E-state index in [-0.39, 0.29) is 0 Å². The Morgan fingerprint density at radius 1 is 0.469 bits per heavy atom. The number of benzene rings is 4. The van der Waals surface area contributed by atoms with E-state index in [1.54, 1.807) is 0 Å². The molecule has 0 aliphatic carbocycles. The smallest absolute Gasteiger partial charge is 0.227 e. The summed E-state index contributed by atoms with van der Waals surface area (Å²) < 4.78 is 11.7. The third-order valence-electron chi connectivity index (χ3n) is 5.37. The van der Waals surface area contributed by atoms with Crippen LogP contribution in [0.25, 0.3) is 57.3 Å². The summed E-state index contributed by atoms with van der Waals surface area (Å²) in [6, 6.07) is 32.0. The van der Waals surface area contributed by atoms with Crippen LogP contribution in [0.4, 0.5) is 0 Å². The Kier molecular flexibility index (Phi) is 4.40. The summed E-state index contributed by atoms with van der Waals surface area (Å²) >= 11 is 0. The third-order valence-corrected chi connectivity index (χ3v) is 5.37. The Labute approximate surface area is 184 Å². The highest BCUT2D eigenvalue weighted by Gasteiger charge is 2.08. The molecule has 2 heterocycles. The van der Waals surface area contributed by atoms with Gasteiger partial charge in [-0.2, -0.15) is 0 Å². The number of rotatable bonds is 4. The molecule has 0 spiro atoms. The van der Waals surface area contributed by atoms with Crippen LogP contribution in [0.15, 0.2) is 106 Å². The van der Waals surface area contributed by atoms with Crippen molar-refractivity contribution in [3.8, 4) is 22.9 Å². The molecule has 6 aromatic rings. The minimum absolute atomic E-state index is 0.636. The highest BCUT2D eigenvalue weighted by Crippen LogP contribution is 2.26. The quantitative estimate of drug-likeness (QED) is 0.281. The number of oxazole rings is 2. The van der Waals surface area contributed by atoms with Crippen molar-refractivity contribution >= 4 is 34.4 Å². The molecule has 0 unspecified atom stereocenters. The molecule has 152 valence electrons. The predicted molar refractivity (Wildman–Crippen MR) is 128 cm³/mol. The number of hydrogen-bond donors (Lipinski definition) is 0. The number of aromatic nitrogens is 2. The van der Waals surface area contributed by atoms with Crippen LogP contribution in [0, 0.1) is 0 Å². The molecule has 0 N–H and O–H groups in total. The molecule has 0 fully saturated rings. The first-order valence-electron chi connectivity index (χ1n) is 10.4. The number of nitrogens with zero attached hydrogens (tertiary/aromatic N) is 2. The Bertz CT molecular complexity index is 1370. The predicted octanol–water partition coefficient (Wildman–Crippen LogP) is 7.47. The number of para-hydroxylation sites is 4. The van der Waals surface area contributed by atoms with E-state index in [9.17, 15) is 0 Å². The second kappa shape index (κ2) is 7.67. The maximum Gasteiger partial charge on any atom is 0.227 e. The minimum Gasteiger partial charge on any atom is -0.436 e. The first-order chi connectivity index (χ1) is 15.8. The monoisotopic (exact) mass is 414 g/mol. The fourth-order valence-electron chi connectivity index (χ4n) is 3.66. The van der Waals surface area contributed by atoms with E-state index in [1.807, 2.05) is 72.8 Å². The van der Waals surface area contributed by atoms with Crippen LogP contribution >= 0.6 is 0 Å². The van der Waals surface area contributed by atoms with Gasteiger partial charge in [0.2, 0.25) is 11.8 Å². The summed E-state index contributed by atoms with van der Waals surface area (Å²) in [5.41, 5.74) is 7.46. The molecule has 0 aliphatic heterocycles. The van der Waals surface area contributed by atoms with Gasteiger partial charge in [0.25, 0.3) is 0 Å². The average Bonchev–Trinajstić information content (AvgIpc) is 3.48. The van der Waals surface area contributed by atoms with E-state index in [2.05, 4.69) is 46.4 Å². The van der Waals surface area contributed by atoms with E-state index < -0.39 is 0 Å². The largest absolute Gasteiger partial charge is 0.436 e. The van der Waals surface area contributed by atoms with Gasteiger partial charge in [-0.05, 0) is 59.7 Å². The Morgan fingerprint density at radius 3 is 1.28 bits per heavy atom. The van der Waals surface area contributed by atoms with Crippen molar-refractivity contribution in [2.24, 2.45) is 0 Å². The molecule has 0 bridgehead atoms. The lowest BCUT2D eigenvalue weighted by molar-refractivity contribution is 0.619. The molecule has 0 atom stereocenters. The van der Waals surface area contributed by atoms with Gasteiger partial charge in [-0.3, -0.25) is 0 Å². The zero-order chi connectivity index (χ0) is 21.3. The molecule has 0 amide bonds. The molecular weight excluding hydrogens is 396 g/mol. The van der Waals surface area contributed by atoms with Gasteiger partial charge in [-0.1, -0.05) is 60.7 Å². The Balaban J connectivity index is 1.19. The Hall–Kier alpha value is -4.44. The normalized spacial score (nSPS) is 11.6. The van der Waals surface area contributed by atoms with Crippen LogP contribution in [0.5, 0.6) is 0 Å². The first kappa shape index (κ1) is 18.3. The maximum absolute atomic E-state index is 5.85. The van der Waals surface area contributed by atoms with Crippen LogP contribution in [0.2, 0.25) is 0 Å². The second-order valence-electron chi connectivity index (χ2n) is 7.55. The SMILES string of the molecule is C(=C/c1ccc(-c2nc3ccccc3o2)cc1)/c1ccc(-c2nc3ccccc3o2)cc1. The fraction of sp³-hybridized carbons (Fsp3) is 0. The lowest BCUT2D eigenvalue weighted by Crippen LogP contribution is -1.79. The molecule has 4 nitrogen and oxygen atoms in total. The van der Waals surface area contributed by atoms with E-state index in [1.165, 1.54) is 0 Å². The van der Waals surface area contributed by atoms with Crippen molar-refractivity contribution in [2.75, 3.05) is 0 Å². The minimum atomic E-state index is 0.636. The van der Waals surface area contributed by atoms with E-state index >= 15 is 0 Å². The van der Waals surface area contributed by atoms with Gasteiger partial charge in [-0.25, -0.2) is 9.97 Å². The highest BCUT2D eigenvalue weighted by atomic mass is 16.4. The molecule has 0 saturated heterocycles. The lowest BCUT2D eigenvalue weighted by atomic mass is 10.1. The maximum atomic E-state index is 5.85. The van der Waals surface area contributed by atoms with Gasteiger partial charge >= 0.3 is 0 Å². The number of fused-ring (bicyclic) bond motifs is 2. The average molecular weight is 414 g/mol. The molecule has 32 heavy (non-hydrogen) atoms. The summed E-state index contributed by atoms with van der Waals surface area (Å²) in [7, 11) is 0. The van der Waals surface area contributed by atoms with Crippen LogP contribution in [-0.2, 0) is 0 Å². The highest BCUT2D eigenvalue weighted by molar-refractivity contribution is 5.78. The summed E-state index contributed by atoms with van der Waals surface area (Å²) in [4.78, 5) is 9.11. The lowest BCUT2D eigenvalue weighted by Gasteiger charge is -1.99. The van der Waals surface area contributed by atoms with Crippen LogP contribution in [0.3, 0.4) is 0 Å². The van der Waals surface area contributed by atoms with E-state index in [0.29, 0.717) is 11.8 Å². The van der Waals surface area contributed by atoms with Crippen molar-refractivity contribution in [3.63, 3.8) is 0 Å². The van der Waals surface area contributed by atoms with Crippen molar-refractivity contribution in [3.05, 3.63) is 108 Å². The van der Waals surface area contributed by atoms with Crippen LogP contribution in [-0.4, -0.2) is 9.97 Å². The van der Waals surface area contributed by atoms with Crippen molar-refractivity contribution in [1.29, 1.82) is 0 Å². The number of hydrogen-bond acceptors (Lipinski definition) is 4. The van der Waals surface area contributed by atoms with Crippen molar-refractivity contribution in [2.45, 2.75) is 0 Å². The van der Waals surface area contributed by atoms with Crippen LogP contribution in [0.1, 0.15) is 11.1 Å². The van der Waals surface area contributed by atoms with E-state index in [4.69, 9.17) is 8.83 Å². The first-order valence-corrected chi connectivity index (χ1v) is 10.4. The summed E-state index contributed by atoms with van der Waals surface area (Å²) in [6.45, 7) is 0. The third kappa shape index (κ3) is 3.48. The van der Waals surface area contributed by atoms with Gasteiger partial charge in [0, 0.05) is 11.1 Å². The molecule has 4 heteroatoms. The zero-order valence-electron chi connectivity index (χ0n) is 17.1. The molecule has 0 saturated carbocycles. The van der Waals surface area contributed by atoms with Crippen LogP contribution < -0.4 is 0 Å². The zero-order valence-corrected chi connectivity index (χ0v) is 17.1. The Morgan fingerprint density at radius 2 is 0.875 bits per heavy atom. The van der Waals surface area contributed by atoms with Gasteiger partial charge in [-0.15, -0.1) is 0 Å².